The second kappa shape index (κ2) is 7.45. The minimum Gasteiger partial charge on any atom is -0.340 e. The molecule has 1 heterocycles. The van der Waals surface area contributed by atoms with E-state index in [1.807, 2.05) is 24.3 Å². The van der Waals surface area contributed by atoms with Gasteiger partial charge < -0.3 is 10.6 Å². The molecule has 0 unspecified atom stereocenters. The SMILES string of the molecule is CCc1cccc(C)c1Nc1cc(Nc2ccccc2C#N)ncn1. The number of aryl methyl sites for hydroxylation is 2. The lowest BCUT2D eigenvalue weighted by Crippen LogP contribution is -2.02. The fourth-order valence-electron chi connectivity index (χ4n) is 2.65. The van der Waals surface area contributed by atoms with Crippen LogP contribution in [0.2, 0.25) is 0 Å². The van der Waals surface area contributed by atoms with Crippen LogP contribution < -0.4 is 10.6 Å². The van der Waals surface area contributed by atoms with Crippen molar-refractivity contribution in [1.29, 1.82) is 5.26 Å². The molecule has 0 aliphatic heterocycles. The number of aromatic nitrogens is 2. The molecule has 2 aromatic carbocycles. The van der Waals surface area contributed by atoms with Crippen molar-refractivity contribution in [3.8, 4) is 6.07 Å². The summed E-state index contributed by atoms with van der Waals surface area (Å²) in [5, 5.41) is 15.8. The molecule has 5 nitrogen and oxygen atoms in total. The van der Waals surface area contributed by atoms with Crippen LogP contribution in [0.15, 0.2) is 54.9 Å². The minimum absolute atomic E-state index is 0.572. The van der Waals surface area contributed by atoms with E-state index in [2.05, 4.69) is 58.7 Å². The molecule has 0 fully saturated rings. The van der Waals surface area contributed by atoms with E-state index in [1.54, 1.807) is 6.07 Å². The summed E-state index contributed by atoms with van der Waals surface area (Å²) in [6.45, 7) is 4.21. The van der Waals surface area contributed by atoms with Crippen molar-refractivity contribution in [3.63, 3.8) is 0 Å². The Labute approximate surface area is 147 Å². The molecule has 0 aliphatic rings. The molecule has 0 bridgehead atoms. The molecule has 0 amide bonds. The van der Waals surface area contributed by atoms with Gasteiger partial charge in [-0.05, 0) is 36.6 Å². The molecular weight excluding hydrogens is 310 g/mol. The molecule has 0 aliphatic carbocycles. The van der Waals surface area contributed by atoms with Gasteiger partial charge in [0.1, 0.15) is 24.0 Å². The molecule has 0 atom stereocenters. The van der Waals surface area contributed by atoms with E-state index in [4.69, 9.17) is 0 Å². The summed E-state index contributed by atoms with van der Waals surface area (Å²) in [7, 11) is 0. The average Bonchev–Trinajstić information content (AvgIpc) is 2.64. The van der Waals surface area contributed by atoms with Gasteiger partial charge in [0.05, 0.1) is 11.3 Å². The summed E-state index contributed by atoms with van der Waals surface area (Å²) in [6, 6.07) is 17.6. The second-order valence-corrected chi connectivity index (χ2v) is 5.66. The average molecular weight is 329 g/mol. The Kier molecular flexibility index (Phi) is 4.91. The van der Waals surface area contributed by atoms with Gasteiger partial charge >= 0.3 is 0 Å². The van der Waals surface area contributed by atoms with Gasteiger partial charge in [-0.3, -0.25) is 0 Å². The molecule has 3 rings (SSSR count). The summed E-state index contributed by atoms with van der Waals surface area (Å²) in [5.74, 6) is 1.34. The molecule has 5 heteroatoms. The molecule has 0 saturated carbocycles. The molecule has 2 N–H and O–H groups in total. The van der Waals surface area contributed by atoms with E-state index in [9.17, 15) is 5.26 Å². The summed E-state index contributed by atoms with van der Waals surface area (Å²) in [4.78, 5) is 8.55. The Bertz CT molecular complexity index is 927. The fourth-order valence-corrected chi connectivity index (χ4v) is 2.65. The lowest BCUT2D eigenvalue weighted by Gasteiger charge is -2.14. The summed E-state index contributed by atoms with van der Waals surface area (Å²) >= 11 is 0. The van der Waals surface area contributed by atoms with Gasteiger partial charge in [-0.25, -0.2) is 9.97 Å². The third kappa shape index (κ3) is 3.75. The van der Waals surface area contributed by atoms with E-state index < -0.39 is 0 Å². The summed E-state index contributed by atoms with van der Waals surface area (Å²) in [6.07, 6.45) is 2.44. The van der Waals surface area contributed by atoms with E-state index >= 15 is 0 Å². The lowest BCUT2D eigenvalue weighted by atomic mass is 10.1. The van der Waals surface area contributed by atoms with Crippen LogP contribution in [0.25, 0.3) is 0 Å². The van der Waals surface area contributed by atoms with Crippen LogP contribution in [0.4, 0.5) is 23.0 Å². The van der Waals surface area contributed by atoms with Crippen LogP contribution in [0.5, 0.6) is 0 Å². The Morgan fingerprint density at radius 2 is 1.76 bits per heavy atom. The van der Waals surface area contributed by atoms with Gasteiger partial charge in [0.25, 0.3) is 0 Å². The van der Waals surface area contributed by atoms with Gasteiger partial charge in [0, 0.05) is 11.8 Å². The highest BCUT2D eigenvalue weighted by Crippen LogP contribution is 2.26. The van der Waals surface area contributed by atoms with Crippen molar-refractivity contribution < 1.29 is 0 Å². The number of rotatable bonds is 5. The normalized spacial score (nSPS) is 10.1. The zero-order valence-electron chi connectivity index (χ0n) is 14.2. The zero-order chi connectivity index (χ0) is 17.6. The number of nitrogens with zero attached hydrogens (tertiary/aromatic N) is 3. The number of nitrogens with one attached hydrogen (secondary N) is 2. The molecular formula is C20H19N5. The van der Waals surface area contributed by atoms with E-state index in [-0.39, 0.29) is 0 Å². The molecule has 124 valence electrons. The molecule has 0 spiro atoms. The first-order valence-electron chi connectivity index (χ1n) is 8.15. The van der Waals surface area contributed by atoms with E-state index in [1.165, 1.54) is 17.5 Å². The smallest absolute Gasteiger partial charge is 0.135 e. The maximum atomic E-state index is 9.20. The Balaban J connectivity index is 1.87. The fraction of sp³-hybridized carbons (Fsp3) is 0.150. The number of benzene rings is 2. The van der Waals surface area contributed by atoms with Gasteiger partial charge in [-0.2, -0.15) is 5.26 Å². The van der Waals surface area contributed by atoms with Gasteiger partial charge in [0.2, 0.25) is 0 Å². The van der Waals surface area contributed by atoms with Crippen molar-refractivity contribution in [1.82, 2.24) is 9.97 Å². The number of anilines is 4. The van der Waals surface area contributed by atoms with Crippen LogP contribution >= 0.6 is 0 Å². The van der Waals surface area contributed by atoms with Crippen molar-refractivity contribution in [2.75, 3.05) is 10.6 Å². The third-order valence-electron chi connectivity index (χ3n) is 3.97. The molecule has 1 aromatic heterocycles. The molecule has 0 saturated heterocycles. The van der Waals surface area contributed by atoms with Crippen molar-refractivity contribution in [2.45, 2.75) is 20.3 Å². The van der Waals surface area contributed by atoms with E-state index in [0.29, 0.717) is 17.2 Å². The Morgan fingerprint density at radius 3 is 2.52 bits per heavy atom. The topological polar surface area (TPSA) is 73.6 Å². The number of hydrogen-bond acceptors (Lipinski definition) is 5. The van der Waals surface area contributed by atoms with Crippen molar-refractivity contribution >= 4 is 23.0 Å². The van der Waals surface area contributed by atoms with Crippen LogP contribution in [-0.4, -0.2) is 9.97 Å². The standard InChI is InChI=1S/C20H19N5/c1-3-15-9-6-7-14(2)20(15)25-19-11-18(22-13-23-19)24-17-10-5-4-8-16(17)12-21/h4-11,13H,3H2,1-2H3,(H2,22,23,24,25). The third-order valence-corrected chi connectivity index (χ3v) is 3.97. The maximum absolute atomic E-state index is 9.20. The summed E-state index contributed by atoms with van der Waals surface area (Å²) in [5.41, 5.74) is 4.78. The second-order valence-electron chi connectivity index (χ2n) is 5.66. The maximum Gasteiger partial charge on any atom is 0.135 e. The first kappa shape index (κ1) is 16.5. The van der Waals surface area contributed by atoms with Crippen LogP contribution in [0, 0.1) is 18.3 Å². The highest BCUT2D eigenvalue weighted by Gasteiger charge is 2.07. The summed E-state index contributed by atoms with van der Waals surface area (Å²) < 4.78 is 0. The van der Waals surface area contributed by atoms with Crippen LogP contribution in [0.3, 0.4) is 0 Å². The quantitative estimate of drug-likeness (QED) is 0.709. The Hall–Kier alpha value is -3.39. The van der Waals surface area contributed by atoms with Crippen molar-refractivity contribution in [2.24, 2.45) is 0 Å². The monoisotopic (exact) mass is 329 g/mol. The Morgan fingerprint density at radius 1 is 1.00 bits per heavy atom. The largest absolute Gasteiger partial charge is 0.340 e. The number of hydrogen-bond donors (Lipinski definition) is 2. The van der Waals surface area contributed by atoms with Gasteiger partial charge in [0.15, 0.2) is 0 Å². The molecule has 3 aromatic rings. The van der Waals surface area contributed by atoms with Crippen LogP contribution in [-0.2, 0) is 6.42 Å². The predicted octanol–water partition coefficient (Wildman–Crippen LogP) is 4.71. The first-order chi connectivity index (χ1) is 12.2. The van der Waals surface area contributed by atoms with E-state index in [0.717, 1.165) is 17.8 Å². The predicted molar refractivity (Wildman–Crippen MR) is 100 cm³/mol. The first-order valence-corrected chi connectivity index (χ1v) is 8.15. The molecule has 25 heavy (non-hydrogen) atoms. The molecule has 0 radical (unpaired) electrons. The van der Waals surface area contributed by atoms with Crippen LogP contribution in [0.1, 0.15) is 23.6 Å². The zero-order valence-corrected chi connectivity index (χ0v) is 14.2. The highest BCUT2D eigenvalue weighted by molar-refractivity contribution is 5.69. The van der Waals surface area contributed by atoms with Gasteiger partial charge in [-0.15, -0.1) is 0 Å². The highest BCUT2D eigenvalue weighted by atomic mass is 15.1. The lowest BCUT2D eigenvalue weighted by molar-refractivity contribution is 1.12. The van der Waals surface area contributed by atoms with Gasteiger partial charge in [-0.1, -0.05) is 37.3 Å². The minimum atomic E-state index is 0.572. The van der Waals surface area contributed by atoms with Crippen molar-refractivity contribution in [3.05, 3.63) is 71.5 Å². The number of nitriles is 1. The number of para-hydroxylation sites is 2.